The van der Waals surface area contributed by atoms with Gasteiger partial charge in [0.1, 0.15) is 11.1 Å². The molecule has 2 atom stereocenters. The Morgan fingerprint density at radius 3 is 2.86 bits per heavy atom. The first kappa shape index (κ1) is 25.1. The summed E-state index contributed by atoms with van der Waals surface area (Å²) in [5.41, 5.74) is 1.01. The van der Waals surface area contributed by atoms with Crippen LogP contribution in [0.2, 0.25) is 0 Å². The molecule has 0 aliphatic carbocycles. The maximum Gasteiger partial charge on any atom is 0.222 e. The molecule has 160 valence electrons. The zero-order chi connectivity index (χ0) is 19.8. The molecule has 0 spiro atoms. The summed E-state index contributed by atoms with van der Waals surface area (Å²) in [4.78, 5) is 25.1. The molecular formula is C19H34IN5O2S. The summed E-state index contributed by atoms with van der Waals surface area (Å²) in [5.74, 6) is 1.14. The van der Waals surface area contributed by atoms with Crippen molar-refractivity contribution < 1.29 is 9.53 Å². The van der Waals surface area contributed by atoms with Gasteiger partial charge < -0.3 is 19.9 Å². The molecular weight excluding hydrogens is 489 g/mol. The fraction of sp³-hybridized carbons (Fsp3) is 0.737. The monoisotopic (exact) mass is 523 g/mol. The van der Waals surface area contributed by atoms with E-state index in [4.69, 9.17) is 4.74 Å². The van der Waals surface area contributed by atoms with Gasteiger partial charge in [0, 0.05) is 52.1 Å². The first-order chi connectivity index (χ1) is 13.0. The lowest BCUT2D eigenvalue weighted by Gasteiger charge is -2.28. The van der Waals surface area contributed by atoms with E-state index in [1.165, 1.54) is 0 Å². The number of nitrogens with zero attached hydrogens (tertiary/aromatic N) is 4. The number of aromatic nitrogens is 1. The van der Waals surface area contributed by atoms with Gasteiger partial charge >= 0.3 is 0 Å². The van der Waals surface area contributed by atoms with Gasteiger partial charge in [-0.15, -0.1) is 35.3 Å². The molecule has 9 heteroatoms. The molecule has 1 fully saturated rings. The third-order valence-corrected chi connectivity index (χ3v) is 6.08. The number of nitrogens with one attached hydrogen (secondary N) is 1. The molecule has 2 heterocycles. The SMILES string of the molecule is CCC(CCNC(=NC)N(C)Cc1csc(C(C)OC)n1)N1CCCC1=O.I. The second kappa shape index (κ2) is 12.6. The summed E-state index contributed by atoms with van der Waals surface area (Å²) in [6, 6.07) is 0.313. The van der Waals surface area contributed by atoms with Crippen LogP contribution in [-0.4, -0.2) is 67.0 Å². The van der Waals surface area contributed by atoms with Crippen molar-refractivity contribution in [3.8, 4) is 0 Å². The average molecular weight is 523 g/mol. The first-order valence-corrected chi connectivity index (χ1v) is 10.6. The fourth-order valence-corrected chi connectivity index (χ4v) is 4.21. The van der Waals surface area contributed by atoms with Gasteiger partial charge in [0.15, 0.2) is 5.96 Å². The van der Waals surface area contributed by atoms with E-state index in [-0.39, 0.29) is 30.1 Å². The predicted molar refractivity (Wildman–Crippen MR) is 125 cm³/mol. The molecule has 2 rings (SSSR count). The van der Waals surface area contributed by atoms with E-state index < -0.39 is 0 Å². The predicted octanol–water partition coefficient (Wildman–Crippen LogP) is 3.27. The first-order valence-electron chi connectivity index (χ1n) is 9.68. The number of guanidine groups is 1. The number of likely N-dealkylation sites (tertiary alicyclic amines) is 1. The van der Waals surface area contributed by atoms with Crippen LogP contribution in [0.4, 0.5) is 0 Å². The highest BCUT2D eigenvalue weighted by Crippen LogP contribution is 2.21. The zero-order valence-corrected chi connectivity index (χ0v) is 20.8. The van der Waals surface area contributed by atoms with Crippen molar-refractivity contribution in [2.45, 2.75) is 58.2 Å². The molecule has 1 saturated heterocycles. The number of amides is 1. The summed E-state index contributed by atoms with van der Waals surface area (Å²) in [5, 5.41) is 6.48. The van der Waals surface area contributed by atoms with Crippen LogP contribution in [0.25, 0.3) is 0 Å². The number of rotatable bonds is 9. The van der Waals surface area contributed by atoms with Crippen molar-refractivity contribution in [1.82, 2.24) is 20.1 Å². The highest BCUT2D eigenvalue weighted by Gasteiger charge is 2.26. The Bertz CT molecular complexity index is 640. The topological polar surface area (TPSA) is 70.1 Å². The van der Waals surface area contributed by atoms with Crippen LogP contribution in [0.15, 0.2) is 10.4 Å². The maximum atomic E-state index is 12.0. The van der Waals surface area contributed by atoms with Gasteiger partial charge in [-0.2, -0.15) is 0 Å². The van der Waals surface area contributed by atoms with Crippen molar-refractivity contribution in [2.75, 3.05) is 34.3 Å². The lowest BCUT2D eigenvalue weighted by Crippen LogP contribution is -2.42. The summed E-state index contributed by atoms with van der Waals surface area (Å²) in [6.07, 6.45) is 3.63. The Labute approximate surface area is 190 Å². The number of carbonyl (C=O) groups is 1. The summed E-state index contributed by atoms with van der Waals surface area (Å²) < 4.78 is 5.33. The largest absolute Gasteiger partial charge is 0.375 e. The Balaban J connectivity index is 0.00000392. The van der Waals surface area contributed by atoms with Crippen LogP contribution < -0.4 is 5.32 Å². The smallest absolute Gasteiger partial charge is 0.222 e. The van der Waals surface area contributed by atoms with E-state index in [0.29, 0.717) is 24.9 Å². The molecule has 0 saturated carbocycles. The molecule has 0 radical (unpaired) electrons. The zero-order valence-electron chi connectivity index (χ0n) is 17.6. The maximum absolute atomic E-state index is 12.0. The highest BCUT2D eigenvalue weighted by molar-refractivity contribution is 14.0. The summed E-state index contributed by atoms with van der Waals surface area (Å²) in [6.45, 7) is 6.54. The lowest BCUT2D eigenvalue weighted by molar-refractivity contribution is -0.129. The number of hydrogen-bond acceptors (Lipinski definition) is 5. The van der Waals surface area contributed by atoms with Crippen molar-refractivity contribution in [3.63, 3.8) is 0 Å². The van der Waals surface area contributed by atoms with Crippen LogP contribution >= 0.6 is 35.3 Å². The molecule has 2 unspecified atom stereocenters. The van der Waals surface area contributed by atoms with Gasteiger partial charge in [0.2, 0.25) is 5.91 Å². The standard InChI is InChI=1S/C19H33N5O2S.HI/c1-6-16(24-11-7-8-17(24)25)9-10-21-19(20-3)23(4)12-15-13-27-18(22-15)14(2)26-5;/h13-14,16H,6-12H2,1-5H3,(H,20,21);1H. The summed E-state index contributed by atoms with van der Waals surface area (Å²) in [7, 11) is 5.50. The van der Waals surface area contributed by atoms with Gasteiger partial charge in [0.25, 0.3) is 0 Å². The van der Waals surface area contributed by atoms with Gasteiger partial charge in [-0.1, -0.05) is 6.92 Å². The van der Waals surface area contributed by atoms with Crippen molar-refractivity contribution in [2.24, 2.45) is 4.99 Å². The number of ether oxygens (including phenoxy) is 1. The van der Waals surface area contributed by atoms with Gasteiger partial charge in [-0.05, 0) is 26.2 Å². The second-order valence-corrected chi connectivity index (χ2v) is 7.82. The van der Waals surface area contributed by atoms with E-state index in [2.05, 4.69) is 32.5 Å². The Morgan fingerprint density at radius 2 is 2.29 bits per heavy atom. The Kier molecular flexibility index (Phi) is 11.3. The average Bonchev–Trinajstić information content (AvgIpc) is 3.30. The molecule has 1 aliphatic rings. The Hall–Kier alpha value is -0.940. The van der Waals surface area contributed by atoms with E-state index in [0.717, 1.165) is 49.0 Å². The number of hydrogen-bond donors (Lipinski definition) is 1. The number of halogens is 1. The van der Waals surface area contributed by atoms with Crippen molar-refractivity contribution >= 4 is 47.2 Å². The van der Waals surface area contributed by atoms with E-state index in [9.17, 15) is 4.79 Å². The van der Waals surface area contributed by atoms with E-state index in [1.54, 1.807) is 25.5 Å². The molecule has 1 aliphatic heterocycles. The molecule has 1 aromatic rings. The number of carbonyl (C=O) groups excluding carboxylic acids is 1. The van der Waals surface area contributed by atoms with E-state index in [1.807, 2.05) is 18.9 Å². The van der Waals surface area contributed by atoms with Gasteiger partial charge in [-0.25, -0.2) is 4.98 Å². The van der Waals surface area contributed by atoms with Crippen LogP contribution in [0.5, 0.6) is 0 Å². The quantitative estimate of drug-likeness (QED) is 0.306. The van der Waals surface area contributed by atoms with Gasteiger partial charge in [-0.3, -0.25) is 9.79 Å². The number of methoxy groups -OCH3 is 1. The second-order valence-electron chi connectivity index (χ2n) is 6.93. The minimum Gasteiger partial charge on any atom is -0.375 e. The normalized spacial score (nSPS) is 16.7. The third kappa shape index (κ3) is 6.84. The fourth-order valence-electron chi connectivity index (χ4n) is 3.37. The minimum atomic E-state index is 0. The molecule has 7 nitrogen and oxygen atoms in total. The van der Waals surface area contributed by atoms with Crippen LogP contribution in [-0.2, 0) is 16.1 Å². The number of aliphatic imine (C=N–C) groups is 1. The molecule has 0 aromatic carbocycles. The Morgan fingerprint density at radius 1 is 1.54 bits per heavy atom. The molecule has 1 N–H and O–H groups in total. The molecule has 0 bridgehead atoms. The van der Waals surface area contributed by atoms with E-state index >= 15 is 0 Å². The molecule has 1 amide bonds. The van der Waals surface area contributed by atoms with Crippen LogP contribution in [0.3, 0.4) is 0 Å². The van der Waals surface area contributed by atoms with Crippen LogP contribution in [0.1, 0.15) is 56.3 Å². The van der Waals surface area contributed by atoms with Crippen molar-refractivity contribution in [1.29, 1.82) is 0 Å². The molecule has 1 aromatic heterocycles. The minimum absolute atomic E-state index is 0. The third-order valence-electron chi connectivity index (χ3n) is 5.03. The lowest BCUT2D eigenvalue weighted by atomic mass is 10.1. The molecule has 28 heavy (non-hydrogen) atoms. The highest BCUT2D eigenvalue weighted by atomic mass is 127. The number of thiazole rings is 1. The van der Waals surface area contributed by atoms with Crippen molar-refractivity contribution in [3.05, 3.63) is 16.1 Å². The van der Waals surface area contributed by atoms with Gasteiger partial charge in [0.05, 0.1) is 12.2 Å². The summed E-state index contributed by atoms with van der Waals surface area (Å²) >= 11 is 1.62. The van der Waals surface area contributed by atoms with Crippen LogP contribution in [0, 0.1) is 0 Å².